The van der Waals surface area contributed by atoms with Crippen molar-refractivity contribution in [2.45, 2.75) is 90.0 Å². The SMILES string of the molecule is C[C@@H]1CCc2c(sc(NC(=O)[C@H]3CCCC[C@H]3C(=O)O)c2C(=O)NC2CCCCC2)C1. The van der Waals surface area contributed by atoms with Gasteiger partial charge in [0.05, 0.1) is 17.4 Å². The lowest BCUT2D eigenvalue weighted by atomic mass is 9.78. The molecule has 1 aromatic rings. The third-order valence-corrected chi connectivity index (χ3v) is 8.51. The second kappa shape index (κ2) is 9.72. The second-order valence-electron chi connectivity index (χ2n) is 9.69. The molecular weight excluding hydrogens is 412 g/mol. The van der Waals surface area contributed by atoms with Gasteiger partial charge < -0.3 is 15.7 Å². The van der Waals surface area contributed by atoms with Crippen LogP contribution >= 0.6 is 11.3 Å². The van der Waals surface area contributed by atoms with Crippen molar-refractivity contribution >= 4 is 34.1 Å². The van der Waals surface area contributed by atoms with E-state index in [9.17, 15) is 19.5 Å². The van der Waals surface area contributed by atoms with Crippen LogP contribution in [0.1, 0.15) is 91.9 Å². The highest BCUT2D eigenvalue weighted by molar-refractivity contribution is 7.17. The Morgan fingerprint density at radius 1 is 0.935 bits per heavy atom. The molecule has 0 unspecified atom stereocenters. The highest BCUT2D eigenvalue weighted by Gasteiger charge is 2.37. The first kappa shape index (κ1) is 22.3. The standard InChI is InChI=1S/C24H34N2O4S/c1-14-11-12-18-19(13-14)31-23(20(18)22(28)25-15-7-3-2-4-8-15)26-21(27)16-9-5-6-10-17(16)24(29)30/h14-17H,2-13H2,1H3,(H,25,28)(H,26,27)(H,29,30)/t14-,16+,17-/m1/s1. The van der Waals surface area contributed by atoms with Gasteiger partial charge in [-0.1, -0.05) is 39.0 Å². The predicted molar refractivity (Wildman–Crippen MR) is 122 cm³/mol. The third kappa shape index (κ3) is 4.97. The van der Waals surface area contributed by atoms with E-state index >= 15 is 0 Å². The molecule has 0 aromatic carbocycles. The van der Waals surface area contributed by atoms with Crippen LogP contribution in [0.2, 0.25) is 0 Å². The van der Waals surface area contributed by atoms with E-state index in [0.717, 1.165) is 63.4 Å². The number of rotatable bonds is 5. The molecule has 0 radical (unpaired) electrons. The van der Waals surface area contributed by atoms with Gasteiger partial charge in [-0.15, -0.1) is 11.3 Å². The van der Waals surface area contributed by atoms with Crippen LogP contribution in [0.4, 0.5) is 5.00 Å². The van der Waals surface area contributed by atoms with Crippen LogP contribution in [0.3, 0.4) is 0 Å². The first-order valence-corrected chi connectivity index (χ1v) is 12.7. The first-order valence-electron chi connectivity index (χ1n) is 11.9. The molecule has 6 nitrogen and oxygen atoms in total. The fourth-order valence-electron chi connectivity index (χ4n) is 5.53. The molecule has 3 N–H and O–H groups in total. The normalized spacial score (nSPS) is 26.7. The van der Waals surface area contributed by atoms with Gasteiger partial charge in [-0.25, -0.2) is 0 Å². The number of amides is 2. The molecule has 31 heavy (non-hydrogen) atoms. The number of carboxylic acid groups (broad SMARTS) is 1. The summed E-state index contributed by atoms with van der Waals surface area (Å²) in [5, 5.41) is 16.4. The highest BCUT2D eigenvalue weighted by Crippen LogP contribution is 2.41. The van der Waals surface area contributed by atoms with Crippen LogP contribution < -0.4 is 10.6 Å². The molecule has 3 atom stereocenters. The molecule has 0 spiro atoms. The van der Waals surface area contributed by atoms with E-state index in [4.69, 9.17) is 0 Å². The molecule has 3 aliphatic carbocycles. The van der Waals surface area contributed by atoms with E-state index in [-0.39, 0.29) is 17.9 Å². The lowest BCUT2D eigenvalue weighted by molar-refractivity contribution is -0.147. The number of carbonyl (C=O) groups excluding carboxylic acids is 2. The number of nitrogens with one attached hydrogen (secondary N) is 2. The van der Waals surface area contributed by atoms with Crippen LogP contribution in [0.15, 0.2) is 0 Å². The Balaban J connectivity index is 1.58. The largest absolute Gasteiger partial charge is 0.481 e. The monoisotopic (exact) mass is 446 g/mol. The number of carbonyl (C=O) groups is 3. The number of aliphatic carboxylic acids is 1. The molecule has 170 valence electrons. The van der Waals surface area contributed by atoms with Crippen molar-refractivity contribution < 1.29 is 19.5 Å². The van der Waals surface area contributed by atoms with E-state index in [1.54, 1.807) is 0 Å². The summed E-state index contributed by atoms with van der Waals surface area (Å²) in [6.45, 7) is 2.22. The van der Waals surface area contributed by atoms with Crippen LogP contribution in [0.5, 0.6) is 0 Å². The second-order valence-corrected chi connectivity index (χ2v) is 10.8. The summed E-state index contributed by atoms with van der Waals surface area (Å²) in [6, 6.07) is 0.206. The minimum absolute atomic E-state index is 0.0762. The Morgan fingerprint density at radius 2 is 1.61 bits per heavy atom. The van der Waals surface area contributed by atoms with Gasteiger partial charge in [0.15, 0.2) is 0 Å². The molecule has 1 heterocycles. The van der Waals surface area contributed by atoms with Crippen molar-refractivity contribution in [3.05, 3.63) is 16.0 Å². The Kier molecular flexibility index (Phi) is 6.99. The number of carboxylic acids is 1. The quantitative estimate of drug-likeness (QED) is 0.607. The summed E-state index contributed by atoms with van der Waals surface area (Å²) >= 11 is 1.52. The third-order valence-electron chi connectivity index (χ3n) is 7.34. The summed E-state index contributed by atoms with van der Waals surface area (Å²) in [4.78, 5) is 39.3. The Bertz CT molecular complexity index is 843. The van der Waals surface area contributed by atoms with Crippen LogP contribution in [0.25, 0.3) is 0 Å². The summed E-state index contributed by atoms with van der Waals surface area (Å²) in [7, 11) is 0. The summed E-state index contributed by atoms with van der Waals surface area (Å²) in [5.41, 5.74) is 1.72. The fraction of sp³-hybridized carbons (Fsp3) is 0.708. The zero-order chi connectivity index (χ0) is 22.0. The van der Waals surface area contributed by atoms with E-state index in [1.807, 2.05) is 0 Å². The minimum Gasteiger partial charge on any atom is -0.481 e. The van der Waals surface area contributed by atoms with E-state index in [1.165, 1.54) is 22.6 Å². The van der Waals surface area contributed by atoms with Gasteiger partial charge >= 0.3 is 5.97 Å². The summed E-state index contributed by atoms with van der Waals surface area (Å²) in [6.07, 6.45) is 11.2. The molecule has 2 saturated carbocycles. The van der Waals surface area contributed by atoms with Crippen molar-refractivity contribution in [3.63, 3.8) is 0 Å². The average Bonchev–Trinajstić information content (AvgIpc) is 3.11. The van der Waals surface area contributed by atoms with E-state index in [0.29, 0.717) is 29.3 Å². The lowest BCUT2D eigenvalue weighted by Gasteiger charge is -2.27. The van der Waals surface area contributed by atoms with Gasteiger partial charge in [0, 0.05) is 10.9 Å². The minimum atomic E-state index is -0.894. The molecule has 0 aliphatic heterocycles. The lowest BCUT2D eigenvalue weighted by Crippen LogP contribution is -2.38. The van der Waals surface area contributed by atoms with E-state index < -0.39 is 17.8 Å². The maximum atomic E-state index is 13.3. The summed E-state index contributed by atoms with van der Waals surface area (Å²) in [5.74, 6) is -1.81. The Hall–Kier alpha value is -1.89. The number of hydrogen-bond acceptors (Lipinski definition) is 4. The van der Waals surface area contributed by atoms with Crippen molar-refractivity contribution in [3.8, 4) is 0 Å². The predicted octanol–water partition coefficient (Wildman–Crippen LogP) is 4.76. The highest BCUT2D eigenvalue weighted by atomic mass is 32.1. The fourth-order valence-corrected chi connectivity index (χ4v) is 6.94. The Morgan fingerprint density at radius 3 is 2.32 bits per heavy atom. The number of hydrogen-bond donors (Lipinski definition) is 3. The molecular formula is C24H34N2O4S. The van der Waals surface area contributed by atoms with Crippen LogP contribution in [0, 0.1) is 17.8 Å². The van der Waals surface area contributed by atoms with E-state index in [2.05, 4.69) is 17.6 Å². The van der Waals surface area contributed by atoms with Gasteiger partial charge in [-0.05, 0) is 56.4 Å². The topological polar surface area (TPSA) is 95.5 Å². The smallest absolute Gasteiger partial charge is 0.307 e. The van der Waals surface area contributed by atoms with Crippen LogP contribution in [-0.2, 0) is 22.4 Å². The van der Waals surface area contributed by atoms with Gasteiger partial charge in [0.25, 0.3) is 5.91 Å². The molecule has 3 aliphatic rings. The molecule has 0 saturated heterocycles. The Labute approximate surface area is 188 Å². The van der Waals surface area contributed by atoms with Crippen LogP contribution in [-0.4, -0.2) is 28.9 Å². The molecule has 7 heteroatoms. The van der Waals surface area contributed by atoms with Gasteiger partial charge in [-0.3, -0.25) is 14.4 Å². The zero-order valence-electron chi connectivity index (χ0n) is 18.4. The maximum absolute atomic E-state index is 13.3. The molecule has 2 fully saturated rings. The van der Waals surface area contributed by atoms with Gasteiger partial charge in [-0.2, -0.15) is 0 Å². The zero-order valence-corrected chi connectivity index (χ0v) is 19.2. The summed E-state index contributed by atoms with van der Waals surface area (Å²) < 4.78 is 0. The van der Waals surface area contributed by atoms with Crippen molar-refractivity contribution in [1.82, 2.24) is 5.32 Å². The van der Waals surface area contributed by atoms with Crippen molar-refractivity contribution in [2.24, 2.45) is 17.8 Å². The maximum Gasteiger partial charge on any atom is 0.307 e. The molecule has 1 aromatic heterocycles. The number of fused-ring (bicyclic) bond motifs is 1. The molecule has 4 rings (SSSR count). The molecule has 2 amide bonds. The van der Waals surface area contributed by atoms with Gasteiger partial charge in [0.1, 0.15) is 5.00 Å². The number of anilines is 1. The van der Waals surface area contributed by atoms with Crippen molar-refractivity contribution in [2.75, 3.05) is 5.32 Å². The van der Waals surface area contributed by atoms with Crippen molar-refractivity contribution in [1.29, 1.82) is 0 Å². The van der Waals surface area contributed by atoms with Gasteiger partial charge in [0.2, 0.25) is 5.91 Å². The average molecular weight is 447 g/mol. The molecule has 0 bridgehead atoms. The number of thiophene rings is 1. The first-order chi connectivity index (χ1) is 14.9.